The van der Waals surface area contributed by atoms with E-state index in [0.717, 1.165) is 126 Å². The van der Waals surface area contributed by atoms with Crippen molar-refractivity contribution in [3.05, 3.63) is 0 Å². The zero-order valence-corrected chi connectivity index (χ0v) is 40.1. The maximum absolute atomic E-state index is 9.60. The highest BCUT2D eigenvalue weighted by Crippen LogP contribution is 2.53. The van der Waals surface area contributed by atoms with Crippen LogP contribution in [-0.4, -0.2) is 101 Å². The number of hydrogen-bond donors (Lipinski definition) is 9. The molecule has 0 aromatic carbocycles. The molecule has 8 aliphatic rings. The standard InChI is InChI=1S/C15H28O2.2C10H18O2.C9H18O.C8H16O2/c1-15(2,11-3-7-13(16)8-4-11)12-5-9-14(17)10-6-12;11-9-3-1-7-5-10(12)4-2-8(7)6-9;11-9-3-1-7-2-4-10(12)6-8(7)5-9;1-8-4-2-6-9(10)7-3-5-8;1-7(2)5(9)8(3,4)6(7)10/h11-14,16-17H,3-10H2,1-2H3;2*7-12H,1-6H2;8-10H,2-7H2,1H3;5-6,9-10H,1-4H3. The van der Waals surface area contributed by atoms with Crippen LogP contribution in [0.1, 0.15) is 215 Å². The van der Waals surface area contributed by atoms with Gasteiger partial charge < -0.3 is 46.0 Å². The van der Waals surface area contributed by atoms with Crippen molar-refractivity contribution >= 4 is 0 Å². The van der Waals surface area contributed by atoms with E-state index >= 15 is 0 Å². The van der Waals surface area contributed by atoms with E-state index in [1.807, 2.05) is 27.7 Å². The quantitative estimate of drug-likeness (QED) is 0.131. The van der Waals surface area contributed by atoms with Crippen LogP contribution in [0.15, 0.2) is 0 Å². The van der Waals surface area contributed by atoms with Gasteiger partial charge in [0.25, 0.3) is 0 Å². The van der Waals surface area contributed by atoms with E-state index in [-0.39, 0.29) is 65.8 Å². The smallest absolute Gasteiger partial charge is 0.0691 e. The predicted molar refractivity (Wildman–Crippen MR) is 246 cm³/mol. The van der Waals surface area contributed by atoms with Crippen LogP contribution in [0, 0.1) is 57.7 Å². The second-order valence-corrected chi connectivity index (χ2v) is 23.8. The second-order valence-electron chi connectivity index (χ2n) is 23.8. The van der Waals surface area contributed by atoms with Crippen LogP contribution >= 0.6 is 0 Å². The van der Waals surface area contributed by atoms with Crippen molar-refractivity contribution in [2.24, 2.45) is 57.7 Å². The van der Waals surface area contributed by atoms with Gasteiger partial charge in [-0.1, -0.05) is 74.1 Å². The van der Waals surface area contributed by atoms with E-state index in [0.29, 0.717) is 23.2 Å². The summed E-state index contributed by atoms with van der Waals surface area (Å²) in [6.45, 7) is 14.7. The summed E-state index contributed by atoms with van der Waals surface area (Å²) in [6, 6.07) is 0. The molecule has 0 radical (unpaired) electrons. The van der Waals surface area contributed by atoms with Gasteiger partial charge in [-0.3, -0.25) is 0 Å². The average molecular weight is 867 g/mol. The van der Waals surface area contributed by atoms with E-state index in [1.165, 1.54) is 64.2 Å². The molecule has 0 aromatic heterocycles. The highest BCUT2D eigenvalue weighted by molar-refractivity contribution is 5.10. The number of rotatable bonds is 2. The molecule has 8 aliphatic carbocycles. The minimum atomic E-state index is -0.380. The molecule has 0 amide bonds. The molecule has 0 aromatic rings. The van der Waals surface area contributed by atoms with Crippen molar-refractivity contribution in [2.45, 2.75) is 270 Å². The molecule has 0 saturated heterocycles. The van der Waals surface area contributed by atoms with Gasteiger partial charge in [-0.05, 0) is 188 Å². The molecular weight excluding hydrogens is 769 g/mol. The Morgan fingerprint density at radius 2 is 0.607 bits per heavy atom. The first-order valence-corrected chi connectivity index (χ1v) is 25.7. The highest BCUT2D eigenvalue weighted by atomic mass is 16.3. The lowest BCUT2D eigenvalue weighted by molar-refractivity contribution is -0.247. The monoisotopic (exact) mass is 867 g/mol. The SMILES string of the molecule is CC(C)(C1CCC(O)CC1)C1CCC(O)CC1.CC1(C)C(O)C(C)(C)C1O.CC1CCCC(O)CCC1.OC1CCC2CC(O)CCC2C1.OC1CCC2CCC(O)CC2C1. The van der Waals surface area contributed by atoms with E-state index in [1.54, 1.807) is 0 Å². The van der Waals surface area contributed by atoms with Gasteiger partial charge in [0.1, 0.15) is 0 Å². The molecule has 8 saturated carbocycles. The average Bonchev–Trinajstić information content (AvgIpc) is 3.21. The molecular formula is C52H98O9. The normalized spacial score (nSPS) is 43.3. The van der Waals surface area contributed by atoms with Crippen molar-refractivity contribution in [3.63, 3.8) is 0 Å². The molecule has 9 nitrogen and oxygen atoms in total. The minimum Gasteiger partial charge on any atom is -0.393 e. The fraction of sp³-hybridized carbons (Fsp3) is 1.00. The summed E-state index contributed by atoms with van der Waals surface area (Å²) in [5, 5.41) is 85.3. The first kappa shape index (κ1) is 53.3. The van der Waals surface area contributed by atoms with Crippen LogP contribution in [0.4, 0.5) is 0 Å². The van der Waals surface area contributed by atoms with Crippen LogP contribution in [0.2, 0.25) is 0 Å². The Kier molecular flexibility index (Phi) is 21.3. The van der Waals surface area contributed by atoms with Crippen LogP contribution in [-0.2, 0) is 0 Å². The van der Waals surface area contributed by atoms with Crippen LogP contribution < -0.4 is 0 Å². The third-order valence-electron chi connectivity index (χ3n) is 17.9. The third kappa shape index (κ3) is 15.9. The minimum absolute atomic E-state index is 0.00694. The number of aliphatic hydroxyl groups is 9. The molecule has 6 atom stereocenters. The molecule has 9 N–H and O–H groups in total. The Morgan fingerprint density at radius 1 is 0.328 bits per heavy atom. The van der Waals surface area contributed by atoms with Crippen molar-refractivity contribution in [3.8, 4) is 0 Å². The second kappa shape index (κ2) is 24.4. The zero-order chi connectivity index (χ0) is 45.1. The van der Waals surface area contributed by atoms with Crippen LogP contribution in [0.3, 0.4) is 0 Å². The lowest BCUT2D eigenvalue weighted by atomic mass is 9.51. The summed E-state index contributed by atoms with van der Waals surface area (Å²) in [6.07, 6.45) is 27.0. The molecule has 0 spiro atoms. The molecule has 0 heterocycles. The summed E-state index contributed by atoms with van der Waals surface area (Å²) in [4.78, 5) is 0. The van der Waals surface area contributed by atoms with E-state index in [9.17, 15) is 46.0 Å². The van der Waals surface area contributed by atoms with E-state index in [4.69, 9.17) is 0 Å². The first-order valence-electron chi connectivity index (χ1n) is 25.7. The summed E-state index contributed by atoms with van der Waals surface area (Å²) in [5.74, 6) is 5.26. The fourth-order valence-electron chi connectivity index (χ4n) is 13.5. The maximum atomic E-state index is 9.60. The van der Waals surface area contributed by atoms with E-state index in [2.05, 4.69) is 20.8 Å². The largest absolute Gasteiger partial charge is 0.393 e. The topological polar surface area (TPSA) is 182 Å². The maximum Gasteiger partial charge on any atom is 0.0691 e. The van der Waals surface area contributed by atoms with E-state index < -0.39 is 0 Å². The number of fused-ring (bicyclic) bond motifs is 2. The Morgan fingerprint density at radius 3 is 0.934 bits per heavy atom. The molecule has 0 bridgehead atoms. The Balaban J connectivity index is 0.000000170. The van der Waals surface area contributed by atoms with Crippen LogP contribution in [0.25, 0.3) is 0 Å². The van der Waals surface area contributed by atoms with Gasteiger partial charge >= 0.3 is 0 Å². The van der Waals surface area contributed by atoms with Crippen molar-refractivity contribution < 1.29 is 46.0 Å². The molecule has 61 heavy (non-hydrogen) atoms. The van der Waals surface area contributed by atoms with Gasteiger partial charge in [-0.25, -0.2) is 0 Å². The first-order chi connectivity index (χ1) is 28.6. The molecule has 9 heteroatoms. The van der Waals surface area contributed by atoms with Crippen LogP contribution in [0.5, 0.6) is 0 Å². The Bertz CT molecular complexity index is 1100. The van der Waals surface area contributed by atoms with Gasteiger partial charge in [0.05, 0.1) is 54.9 Å². The molecule has 8 rings (SSSR count). The van der Waals surface area contributed by atoms with Gasteiger partial charge in [0.15, 0.2) is 0 Å². The van der Waals surface area contributed by atoms with Gasteiger partial charge in [-0.15, -0.1) is 0 Å². The summed E-state index contributed by atoms with van der Waals surface area (Å²) < 4.78 is 0. The van der Waals surface area contributed by atoms with Crippen molar-refractivity contribution in [2.75, 3.05) is 0 Å². The number of hydrogen-bond acceptors (Lipinski definition) is 9. The molecule has 6 unspecified atom stereocenters. The highest BCUT2D eigenvalue weighted by Gasteiger charge is 2.60. The predicted octanol–water partition coefficient (Wildman–Crippen LogP) is 8.84. The molecule has 8 fully saturated rings. The Hall–Kier alpha value is -0.360. The summed E-state index contributed by atoms with van der Waals surface area (Å²) >= 11 is 0. The van der Waals surface area contributed by atoms with Gasteiger partial charge in [0, 0.05) is 10.8 Å². The van der Waals surface area contributed by atoms with Gasteiger partial charge in [0.2, 0.25) is 0 Å². The molecule has 0 aliphatic heterocycles. The van der Waals surface area contributed by atoms with Gasteiger partial charge in [-0.2, -0.15) is 0 Å². The number of aliphatic hydroxyl groups excluding tert-OH is 9. The summed E-state index contributed by atoms with van der Waals surface area (Å²) in [5.41, 5.74) is -0.243. The fourth-order valence-corrected chi connectivity index (χ4v) is 13.5. The lowest BCUT2D eigenvalue weighted by Crippen LogP contribution is -2.67. The molecule has 360 valence electrons. The lowest BCUT2D eigenvalue weighted by Gasteiger charge is -2.59. The third-order valence-corrected chi connectivity index (χ3v) is 17.9. The zero-order valence-electron chi connectivity index (χ0n) is 40.1. The van der Waals surface area contributed by atoms with Crippen molar-refractivity contribution in [1.29, 1.82) is 0 Å². The summed E-state index contributed by atoms with van der Waals surface area (Å²) in [7, 11) is 0. The Labute approximate surface area is 372 Å². The van der Waals surface area contributed by atoms with Crippen molar-refractivity contribution in [1.82, 2.24) is 0 Å².